The zero-order valence-corrected chi connectivity index (χ0v) is 18.0. The van der Waals surface area contributed by atoms with Crippen molar-refractivity contribution in [2.75, 3.05) is 27.4 Å². The highest BCUT2D eigenvalue weighted by atomic mass is 16.5. The first-order valence-electron chi connectivity index (χ1n) is 10.2. The van der Waals surface area contributed by atoms with Gasteiger partial charge in [0.2, 0.25) is 0 Å². The summed E-state index contributed by atoms with van der Waals surface area (Å²) in [6, 6.07) is 17.6. The Morgan fingerprint density at radius 1 is 0.844 bits per heavy atom. The molecule has 0 saturated carbocycles. The number of aliphatic hydroxyl groups is 1. The van der Waals surface area contributed by atoms with Crippen LogP contribution >= 0.6 is 0 Å². The van der Waals surface area contributed by atoms with Crippen LogP contribution in [0.2, 0.25) is 0 Å². The maximum absolute atomic E-state index is 12.7. The number of carbonyl (C=O) groups excluding carboxylic acids is 2. The Morgan fingerprint density at radius 2 is 1.53 bits per heavy atom. The number of methoxy groups -OCH3 is 2. The van der Waals surface area contributed by atoms with Gasteiger partial charge in [0, 0.05) is 24.0 Å². The molecule has 0 saturated heterocycles. The van der Waals surface area contributed by atoms with Gasteiger partial charge in [-0.05, 0) is 30.3 Å². The summed E-state index contributed by atoms with van der Waals surface area (Å²) in [4.78, 5) is 29.9. The molecule has 7 heteroatoms. The molecule has 1 heterocycles. The third-order valence-corrected chi connectivity index (χ3v) is 4.82. The number of ketones is 2. The minimum Gasteiger partial charge on any atom is -0.494 e. The molecule has 0 amide bonds. The smallest absolute Gasteiger partial charge is 0.181 e. The van der Waals surface area contributed by atoms with E-state index in [1.54, 1.807) is 37.4 Å². The van der Waals surface area contributed by atoms with Crippen molar-refractivity contribution in [3.05, 3.63) is 71.9 Å². The average molecular weight is 435 g/mol. The Balaban J connectivity index is 1.71. The third kappa shape index (κ3) is 5.50. The summed E-state index contributed by atoms with van der Waals surface area (Å²) in [5, 5.41) is 8.90. The lowest BCUT2D eigenvalue weighted by Crippen LogP contribution is -2.08. The second-order valence-electron chi connectivity index (χ2n) is 6.90. The zero-order chi connectivity index (χ0) is 22.9. The number of aliphatic hydroxyl groups excluding tert-OH is 1. The summed E-state index contributed by atoms with van der Waals surface area (Å²) in [6.07, 6.45) is 0.0602. The van der Waals surface area contributed by atoms with E-state index in [1.807, 2.05) is 30.3 Å². The number of ether oxygens (including phenoxy) is 3. The summed E-state index contributed by atoms with van der Waals surface area (Å²) in [7, 11) is 3.02. The lowest BCUT2D eigenvalue weighted by Gasteiger charge is -2.11. The van der Waals surface area contributed by atoms with Gasteiger partial charge in [-0.3, -0.25) is 9.59 Å². The van der Waals surface area contributed by atoms with Crippen LogP contribution in [0.15, 0.2) is 60.7 Å². The van der Waals surface area contributed by atoms with Gasteiger partial charge in [0.05, 0.1) is 20.8 Å². The molecule has 0 fully saturated rings. The highest BCUT2D eigenvalue weighted by Gasteiger charge is 2.17. The highest BCUT2D eigenvalue weighted by Crippen LogP contribution is 2.30. The molecule has 0 aliphatic carbocycles. The fraction of sp³-hybridized carbons (Fsp3) is 0.240. The third-order valence-electron chi connectivity index (χ3n) is 4.82. The number of rotatable bonds is 11. The fourth-order valence-electron chi connectivity index (χ4n) is 3.18. The van der Waals surface area contributed by atoms with Crippen LogP contribution in [-0.4, -0.2) is 49.1 Å². The van der Waals surface area contributed by atoms with Crippen molar-refractivity contribution in [2.24, 2.45) is 0 Å². The molecule has 0 unspecified atom stereocenters. The molecule has 1 aromatic heterocycles. The van der Waals surface area contributed by atoms with Crippen LogP contribution in [-0.2, 0) is 0 Å². The molecule has 0 aliphatic heterocycles. The Hall–Kier alpha value is -3.71. The molecule has 7 nitrogen and oxygen atoms in total. The van der Waals surface area contributed by atoms with Crippen LogP contribution in [0.3, 0.4) is 0 Å². The van der Waals surface area contributed by atoms with E-state index in [0.717, 1.165) is 5.56 Å². The summed E-state index contributed by atoms with van der Waals surface area (Å²) in [5.74, 6) is 0.972. The van der Waals surface area contributed by atoms with E-state index in [4.69, 9.17) is 19.3 Å². The molecule has 3 rings (SSSR count). The predicted molar refractivity (Wildman–Crippen MR) is 120 cm³/mol. The topological polar surface area (TPSA) is 95.0 Å². The number of pyridine rings is 1. The monoisotopic (exact) mass is 435 g/mol. The van der Waals surface area contributed by atoms with Gasteiger partial charge in [-0.15, -0.1) is 0 Å². The highest BCUT2D eigenvalue weighted by molar-refractivity contribution is 6.02. The summed E-state index contributed by atoms with van der Waals surface area (Å²) >= 11 is 0. The SMILES string of the molecule is COc1cc(C(=O)CCC(=O)c2ccc(OC)c(-c3ccccc3)n2)ccc1OCCO. The second-order valence-corrected chi connectivity index (χ2v) is 6.90. The fourth-order valence-corrected chi connectivity index (χ4v) is 3.18. The molecule has 0 bridgehead atoms. The average Bonchev–Trinajstić information content (AvgIpc) is 2.85. The number of hydrogen-bond donors (Lipinski definition) is 1. The first-order valence-corrected chi connectivity index (χ1v) is 10.2. The van der Waals surface area contributed by atoms with E-state index in [9.17, 15) is 9.59 Å². The Labute approximate surface area is 186 Å². The van der Waals surface area contributed by atoms with Crippen LogP contribution < -0.4 is 14.2 Å². The molecular weight excluding hydrogens is 410 g/mol. The van der Waals surface area contributed by atoms with Gasteiger partial charge >= 0.3 is 0 Å². The van der Waals surface area contributed by atoms with Crippen LogP contribution in [0.4, 0.5) is 0 Å². The van der Waals surface area contributed by atoms with Crippen molar-refractivity contribution in [1.82, 2.24) is 4.98 Å². The number of benzene rings is 2. The van der Waals surface area contributed by atoms with Crippen LogP contribution in [0.25, 0.3) is 11.3 Å². The lowest BCUT2D eigenvalue weighted by atomic mass is 10.0. The molecule has 0 aliphatic rings. The summed E-state index contributed by atoms with van der Waals surface area (Å²) in [6.45, 7) is -0.00465. The van der Waals surface area contributed by atoms with E-state index < -0.39 is 0 Å². The van der Waals surface area contributed by atoms with E-state index in [-0.39, 0.29) is 43.3 Å². The maximum atomic E-state index is 12.7. The van der Waals surface area contributed by atoms with E-state index in [2.05, 4.69) is 4.98 Å². The Morgan fingerprint density at radius 3 is 2.22 bits per heavy atom. The Kier molecular flexibility index (Phi) is 7.94. The van der Waals surface area contributed by atoms with Gasteiger partial charge in [-0.1, -0.05) is 30.3 Å². The van der Waals surface area contributed by atoms with Gasteiger partial charge in [0.1, 0.15) is 23.7 Å². The van der Waals surface area contributed by atoms with Gasteiger partial charge in [-0.25, -0.2) is 4.98 Å². The van der Waals surface area contributed by atoms with Crippen LogP contribution in [0, 0.1) is 0 Å². The number of nitrogens with zero attached hydrogens (tertiary/aromatic N) is 1. The summed E-state index contributed by atoms with van der Waals surface area (Å²) in [5.41, 5.74) is 2.11. The predicted octanol–water partition coefficient (Wildman–Crippen LogP) is 3.98. The molecule has 0 radical (unpaired) electrons. The first-order chi connectivity index (χ1) is 15.6. The molecule has 1 N–H and O–H groups in total. The van der Waals surface area contributed by atoms with Crippen molar-refractivity contribution in [3.8, 4) is 28.5 Å². The number of aromatic nitrogens is 1. The Bertz CT molecular complexity index is 1080. The lowest BCUT2D eigenvalue weighted by molar-refractivity contribution is 0.0914. The van der Waals surface area contributed by atoms with Crippen LogP contribution in [0.5, 0.6) is 17.2 Å². The van der Waals surface area contributed by atoms with E-state index in [1.165, 1.54) is 7.11 Å². The van der Waals surface area contributed by atoms with Crippen molar-refractivity contribution in [1.29, 1.82) is 0 Å². The molecule has 0 atom stereocenters. The maximum Gasteiger partial charge on any atom is 0.181 e. The minimum atomic E-state index is -0.229. The first kappa shape index (κ1) is 23.0. The molecule has 166 valence electrons. The van der Waals surface area contributed by atoms with Crippen molar-refractivity contribution in [3.63, 3.8) is 0 Å². The van der Waals surface area contributed by atoms with Gasteiger partial charge < -0.3 is 19.3 Å². The van der Waals surface area contributed by atoms with Gasteiger partial charge in [0.25, 0.3) is 0 Å². The van der Waals surface area contributed by atoms with Gasteiger partial charge in [-0.2, -0.15) is 0 Å². The van der Waals surface area contributed by atoms with E-state index >= 15 is 0 Å². The molecule has 2 aromatic carbocycles. The zero-order valence-electron chi connectivity index (χ0n) is 18.0. The normalized spacial score (nSPS) is 10.5. The van der Waals surface area contributed by atoms with Crippen LogP contribution in [0.1, 0.15) is 33.7 Å². The molecule has 3 aromatic rings. The number of carbonyl (C=O) groups is 2. The molecular formula is C25H25NO6. The number of hydrogen-bond acceptors (Lipinski definition) is 7. The molecule has 0 spiro atoms. The number of Topliss-reactive ketones (excluding diaryl/α,β-unsaturated/α-hetero) is 2. The summed E-state index contributed by atoms with van der Waals surface area (Å²) < 4.78 is 16.0. The quantitative estimate of drug-likeness (QED) is 0.455. The standard InChI is InChI=1S/C25H25NO6/c1-30-23-13-9-19(26-25(23)17-6-4-3-5-7-17)21(29)11-10-20(28)18-8-12-22(32-15-14-27)24(16-18)31-2/h3-9,12-13,16,27H,10-11,14-15H2,1-2H3. The minimum absolute atomic E-state index is 0.0253. The van der Waals surface area contributed by atoms with Crippen molar-refractivity contribution < 1.29 is 28.9 Å². The van der Waals surface area contributed by atoms with Gasteiger partial charge in [0.15, 0.2) is 23.1 Å². The molecule has 32 heavy (non-hydrogen) atoms. The van der Waals surface area contributed by atoms with E-state index in [0.29, 0.717) is 28.5 Å². The second kappa shape index (κ2) is 11.1. The van der Waals surface area contributed by atoms with Crippen molar-refractivity contribution in [2.45, 2.75) is 12.8 Å². The largest absolute Gasteiger partial charge is 0.494 e. The van der Waals surface area contributed by atoms with Crippen molar-refractivity contribution >= 4 is 11.6 Å².